The van der Waals surface area contributed by atoms with Crippen molar-refractivity contribution < 1.29 is 13.2 Å². The number of pyridine rings is 1. The molecule has 1 fully saturated rings. The summed E-state index contributed by atoms with van der Waals surface area (Å²) < 4.78 is 27.9. The van der Waals surface area contributed by atoms with Crippen molar-refractivity contribution in [3.05, 3.63) is 54.4 Å². The van der Waals surface area contributed by atoms with E-state index in [-0.39, 0.29) is 10.8 Å². The number of carbonyl (C=O) groups is 1. The van der Waals surface area contributed by atoms with Gasteiger partial charge in [0.25, 0.3) is 5.91 Å². The second-order valence-electron chi connectivity index (χ2n) is 6.34. The Balaban J connectivity index is 1.53. The molecule has 2 N–H and O–H groups in total. The number of fused-ring (bicyclic) bond motifs is 1. The summed E-state index contributed by atoms with van der Waals surface area (Å²) in [6.07, 6.45) is 4.16. The molecule has 1 aromatic carbocycles. The van der Waals surface area contributed by atoms with Crippen LogP contribution in [0.2, 0.25) is 0 Å². The van der Waals surface area contributed by atoms with Crippen molar-refractivity contribution >= 4 is 21.6 Å². The zero-order chi connectivity index (χ0) is 17.5. The van der Waals surface area contributed by atoms with Crippen LogP contribution >= 0.6 is 0 Å². The summed E-state index contributed by atoms with van der Waals surface area (Å²) in [5, 5.41) is 3.33. The highest BCUT2D eigenvalue weighted by Gasteiger charge is 2.43. The van der Waals surface area contributed by atoms with Gasteiger partial charge in [0.15, 0.2) is 0 Å². The molecular weight excluding hydrogens is 340 g/mol. The number of aromatic nitrogens is 1. The summed E-state index contributed by atoms with van der Waals surface area (Å²) >= 11 is 0. The van der Waals surface area contributed by atoms with Gasteiger partial charge in [0, 0.05) is 38.3 Å². The van der Waals surface area contributed by atoms with Crippen LogP contribution in [0.25, 0.3) is 0 Å². The maximum absolute atomic E-state index is 12.5. The van der Waals surface area contributed by atoms with Crippen molar-refractivity contribution in [3.63, 3.8) is 0 Å². The zero-order valence-corrected chi connectivity index (χ0v) is 14.3. The number of piperidine rings is 1. The van der Waals surface area contributed by atoms with Crippen LogP contribution in [0.1, 0.15) is 23.2 Å². The number of anilines is 1. The summed E-state index contributed by atoms with van der Waals surface area (Å²) in [6, 6.07) is 10.3. The van der Waals surface area contributed by atoms with Gasteiger partial charge in [-0.3, -0.25) is 9.78 Å². The van der Waals surface area contributed by atoms with Crippen LogP contribution in [0.5, 0.6) is 0 Å². The van der Waals surface area contributed by atoms with E-state index in [4.69, 9.17) is 0 Å². The summed E-state index contributed by atoms with van der Waals surface area (Å²) in [5.74, 6) is -0.0815. The SMILES string of the molecule is O=C(c1cccnc1)N1CCC2(CC1)Nc1ccccc1S(=O)(=O)N2. The number of benzene rings is 1. The molecule has 0 atom stereocenters. The van der Waals surface area contributed by atoms with Gasteiger partial charge in [-0.1, -0.05) is 12.1 Å². The largest absolute Gasteiger partial charge is 0.365 e. The van der Waals surface area contributed by atoms with Gasteiger partial charge in [-0.15, -0.1) is 0 Å². The van der Waals surface area contributed by atoms with Gasteiger partial charge in [-0.05, 0) is 24.3 Å². The molecule has 0 aliphatic carbocycles. The molecular formula is C17H18N4O3S. The van der Waals surface area contributed by atoms with E-state index in [1.807, 2.05) is 0 Å². The first-order valence-electron chi connectivity index (χ1n) is 8.10. The molecule has 7 nitrogen and oxygen atoms in total. The van der Waals surface area contributed by atoms with Crippen LogP contribution in [-0.4, -0.2) is 43.0 Å². The van der Waals surface area contributed by atoms with Crippen molar-refractivity contribution in [1.82, 2.24) is 14.6 Å². The topological polar surface area (TPSA) is 91.4 Å². The lowest BCUT2D eigenvalue weighted by molar-refractivity contribution is 0.0675. The van der Waals surface area contributed by atoms with E-state index in [0.29, 0.717) is 37.2 Å². The molecule has 2 aliphatic rings. The fourth-order valence-electron chi connectivity index (χ4n) is 3.39. The molecule has 0 unspecified atom stereocenters. The van der Waals surface area contributed by atoms with Gasteiger partial charge in [-0.25, -0.2) is 8.42 Å². The standard InChI is InChI=1S/C17H18N4O3S/c22-16(13-4-3-9-18-12-13)21-10-7-17(8-11-21)19-14-5-1-2-6-15(14)25(23,24)20-17/h1-6,9,12,19-20H,7-8,10-11H2. The van der Waals surface area contributed by atoms with E-state index in [9.17, 15) is 13.2 Å². The van der Waals surface area contributed by atoms with Gasteiger partial charge < -0.3 is 10.2 Å². The lowest BCUT2D eigenvalue weighted by atomic mass is 9.96. The highest BCUT2D eigenvalue weighted by Crippen LogP contribution is 2.34. The summed E-state index contributed by atoms with van der Waals surface area (Å²) in [7, 11) is -3.57. The van der Waals surface area contributed by atoms with Crippen molar-refractivity contribution in [2.24, 2.45) is 0 Å². The average molecular weight is 358 g/mol. The van der Waals surface area contributed by atoms with Crippen molar-refractivity contribution in [2.45, 2.75) is 23.4 Å². The highest BCUT2D eigenvalue weighted by atomic mass is 32.2. The number of hydrogen-bond acceptors (Lipinski definition) is 5. The summed E-state index contributed by atoms with van der Waals surface area (Å²) in [6.45, 7) is 0.927. The lowest BCUT2D eigenvalue weighted by Gasteiger charge is -2.45. The van der Waals surface area contributed by atoms with Crippen LogP contribution in [0.4, 0.5) is 5.69 Å². The van der Waals surface area contributed by atoms with E-state index >= 15 is 0 Å². The predicted octanol–water partition coefficient (Wildman–Crippen LogP) is 1.42. The molecule has 0 radical (unpaired) electrons. The Morgan fingerprint density at radius 2 is 1.88 bits per heavy atom. The smallest absolute Gasteiger partial charge is 0.255 e. The molecule has 2 aromatic rings. The minimum absolute atomic E-state index is 0.0815. The maximum atomic E-state index is 12.5. The van der Waals surface area contributed by atoms with Crippen molar-refractivity contribution in [1.29, 1.82) is 0 Å². The molecule has 8 heteroatoms. The molecule has 0 bridgehead atoms. The van der Waals surface area contributed by atoms with Crippen molar-refractivity contribution in [3.8, 4) is 0 Å². The molecule has 1 saturated heterocycles. The van der Waals surface area contributed by atoms with Crippen LogP contribution < -0.4 is 10.0 Å². The molecule has 0 saturated carbocycles. The molecule has 25 heavy (non-hydrogen) atoms. The number of likely N-dealkylation sites (tertiary alicyclic amines) is 1. The van der Waals surface area contributed by atoms with Gasteiger partial charge in [0.2, 0.25) is 10.0 Å². The first-order valence-corrected chi connectivity index (χ1v) is 9.58. The third-order valence-electron chi connectivity index (χ3n) is 4.69. The van der Waals surface area contributed by atoms with Gasteiger partial charge in [0.1, 0.15) is 10.6 Å². The molecule has 1 aromatic heterocycles. The number of para-hydroxylation sites is 1. The van der Waals surface area contributed by atoms with Crippen LogP contribution in [0.3, 0.4) is 0 Å². The normalized spacial score (nSPS) is 20.6. The number of sulfonamides is 1. The minimum Gasteiger partial charge on any atom is -0.365 e. The van der Waals surface area contributed by atoms with E-state index in [0.717, 1.165) is 0 Å². The van der Waals surface area contributed by atoms with Crippen LogP contribution in [0, 0.1) is 0 Å². The maximum Gasteiger partial charge on any atom is 0.255 e. The molecule has 4 rings (SSSR count). The quantitative estimate of drug-likeness (QED) is 0.804. The third-order valence-corrected chi connectivity index (χ3v) is 6.29. The Labute approximate surface area is 146 Å². The Morgan fingerprint density at radius 1 is 1.12 bits per heavy atom. The fourth-order valence-corrected chi connectivity index (χ4v) is 4.94. The second-order valence-corrected chi connectivity index (χ2v) is 7.99. The van der Waals surface area contributed by atoms with Gasteiger partial charge in [0.05, 0.1) is 11.3 Å². The number of nitrogens with zero attached hydrogens (tertiary/aromatic N) is 2. The molecule has 1 amide bonds. The van der Waals surface area contributed by atoms with Crippen molar-refractivity contribution in [2.75, 3.05) is 18.4 Å². The lowest BCUT2D eigenvalue weighted by Crippen LogP contribution is -2.62. The Bertz CT molecular complexity index is 907. The highest BCUT2D eigenvalue weighted by molar-refractivity contribution is 7.89. The number of carbonyl (C=O) groups excluding carboxylic acids is 1. The molecule has 1 spiro atoms. The van der Waals surface area contributed by atoms with E-state index in [1.165, 1.54) is 0 Å². The Hall–Kier alpha value is -2.45. The van der Waals surface area contributed by atoms with E-state index < -0.39 is 15.7 Å². The van der Waals surface area contributed by atoms with Crippen LogP contribution in [-0.2, 0) is 10.0 Å². The Kier molecular flexibility index (Phi) is 3.73. The Morgan fingerprint density at radius 3 is 2.60 bits per heavy atom. The van der Waals surface area contributed by atoms with Crippen LogP contribution in [0.15, 0.2) is 53.7 Å². The summed E-state index contributed by atoms with van der Waals surface area (Å²) in [4.78, 5) is 18.5. The predicted molar refractivity (Wildman–Crippen MR) is 92.5 cm³/mol. The zero-order valence-electron chi connectivity index (χ0n) is 13.5. The van der Waals surface area contributed by atoms with Gasteiger partial charge in [-0.2, -0.15) is 4.72 Å². The number of hydrogen-bond donors (Lipinski definition) is 2. The number of rotatable bonds is 1. The second kappa shape index (κ2) is 5.82. The van der Waals surface area contributed by atoms with E-state index in [1.54, 1.807) is 53.7 Å². The summed E-state index contributed by atoms with van der Waals surface area (Å²) in [5.41, 5.74) is 0.396. The first-order chi connectivity index (χ1) is 12.0. The number of nitrogens with one attached hydrogen (secondary N) is 2. The van der Waals surface area contributed by atoms with Gasteiger partial charge >= 0.3 is 0 Å². The minimum atomic E-state index is -3.57. The third kappa shape index (κ3) is 2.87. The van der Waals surface area contributed by atoms with E-state index in [2.05, 4.69) is 15.0 Å². The molecule has 3 heterocycles. The fraction of sp³-hybridized carbons (Fsp3) is 0.294. The number of amides is 1. The molecule has 2 aliphatic heterocycles. The monoisotopic (exact) mass is 358 g/mol. The average Bonchev–Trinajstić information content (AvgIpc) is 2.62. The first kappa shape index (κ1) is 16.0. The molecule has 130 valence electrons.